The van der Waals surface area contributed by atoms with E-state index in [1.165, 1.54) is 11.8 Å². The van der Waals surface area contributed by atoms with Crippen molar-refractivity contribution in [2.24, 2.45) is 7.05 Å². The second-order valence-electron chi connectivity index (χ2n) is 5.44. The van der Waals surface area contributed by atoms with Gasteiger partial charge in [0.2, 0.25) is 5.91 Å². The third-order valence-corrected chi connectivity index (χ3v) is 5.20. The van der Waals surface area contributed by atoms with Crippen LogP contribution in [0, 0.1) is 6.92 Å². The highest BCUT2D eigenvalue weighted by atomic mass is 32.2. The van der Waals surface area contributed by atoms with Gasteiger partial charge in [-0.1, -0.05) is 42.1 Å². The number of thioether (sulfide) groups is 1. The highest BCUT2D eigenvalue weighted by Crippen LogP contribution is 2.35. The lowest BCUT2D eigenvalue weighted by atomic mass is 10.1. The Morgan fingerprint density at radius 1 is 1.22 bits per heavy atom. The zero-order valence-corrected chi connectivity index (χ0v) is 14.1. The van der Waals surface area contributed by atoms with Gasteiger partial charge < -0.3 is 14.2 Å². The lowest BCUT2D eigenvalue weighted by Gasteiger charge is -2.30. The summed E-state index contributed by atoms with van der Waals surface area (Å²) in [6.07, 6.45) is 0. The maximum atomic E-state index is 13.0. The number of benzene rings is 1. The SMILES string of the molecule is Cc1nnc(S[C@H](C(=O)N2CCOCC2)c2ccccc2)n1C. The van der Waals surface area contributed by atoms with Crippen LogP contribution in [0.25, 0.3) is 0 Å². The summed E-state index contributed by atoms with van der Waals surface area (Å²) in [5.74, 6) is 0.934. The van der Waals surface area contributed by atoms with Gasteiger partial charge in [-0.3, -0.25) is 4.79 Å². The van der Waals surface area contributed by atoms with Crippen molar-refractivity contribution in [2.75, 3.05) is 26.3 Å². The van der Waals surface area contributed by atoms with E-state index in [2.05, 4.69) is 10.2 Å². The first kappa shape index (κ1) is 16.0. The Morgan fingerprint density at radius 2 is 1.91 bits per heavy atom. The van der Waals surface area contributed by atoms with E-state index in [0.717, 1.165) is 16.5 Å². The minimum Gasteiger partial charge on any atom is -0.378 e. The minimum atomic E-state index is -0.323. The summed E-state index contributed by atoms with van der Waals surface area (Å²) in [6.45, 7) is 4.38. The number of carbonyl (C=O) groups excluding carboxylic acids is 1. The van der Waals surface area contributed by atoms with E-state index >= 15 is 0 Å². The Morgan fingerprint density at radius 3 is 2.52 bits per heavy atom. The molecular weight excluding hydrogens is 312 g/mol. The molecule has 0 N–H and O–H groups in total. The number of hydrogen-bond donors (Lipinski definition) is 0. The summed E-state index contributed by atoms with van der Waals surface area (Å²) in [4.78, 5) is 14.9. The molecule has 7 heteroatoms. The topological polar surface area (TPSA) is 60.3 Å². The molecule has 1 aromatic carbocycles. The average Bonchev–Trinajstić information content (AvgIpc) is 2.92. The van der Waals surface area contributed by atoms with E-state index in [0.29, 0.717) is 26.3 Å². The molecule has 1 aromatic heterocycles. The summed E-state index contributed by atoms with van der Waals surface area (Å²) in [6, 6.07) is 9.84. The molecule has 1 aliphatic heterocycles. The zero-order chi connectivity index (χ0) is 16.2. The molecular formula is C16H20N4O2S. The number of ether oxygens (including phenoxy) is 1. The molecule has 1 fully saturated rings. The molecule has 2 aromatic rings. The van der Waals surface area contributed by atoms with Crippen LogP contribution in [0.4, 0.5) is 0 Å². The molecule has 0 aliphatic carbocycles. The number of carbonyl (C=O) groups is 1. The number of rotatable bonds is 4. The quantitative estimate of drug-likeness (QED) is 0.799. The number of nitrogens with zero attached hydrogens (tertiary/aromatic N) is 4. The molecule has 0 radical (unpaired) electrons. The van der Waals surface area contributed by atoms with Gasteiger partial charge in [-0.15, -0.1) is 10.2 Å². The number of morpholine rings is 1. The van der Waals surface area contributed by atoms with Crippen LogP contribution in [-0.4, -0.2) is 51.9 Å². The highest BCUT2D eigenvalue weighted by Gasteiger charge is 2.29. The van der Waals surface area contributed by atoms with Crippen molar-refractivity contribution in [3.63, 3.8) is 0 Å². The molecule has 1 amide bonds. The van der Waals surface area contributed by atoms with E-state index in [-0.39, 0.29) is 11.2 Å². The summed E-state index contributed by atoms with van der Waals surface area (Å²) >= 11 is 1.45. The average molecular weight is 332 g/mol. The predicted molar refractivity (Wildman–Crippen MR) is 88.2 cm³/mol. The van der Waals surface area contributed by atoms with Gasteiger partial charge >= 0.3 is 0 Å². The first-order valence-corrected chi connectivity index (χ1v) is 8.49. The summed E-state index contributed by atoms with van der Waals surface area (Å²) < 4.78 is 7.26. The number of aryl methyl sites for hydroxylation is 1. The van der Waals surface area contributed by atoms with Gasteiger partial charge in [-0.2, -0.15) is 0 Å². The molecule has 1 saturated heterocycles. The lowest BCUT2D eigenvalue weighted by Crippen LogP contribution is -2.42. The van der Waals surface area contributed by atoms with Crippen LogP contribution in [0.2, 0.25) is 0 Å². The fourth-order valence-electron chi connectivity index (χ4n) is 2.43. The molecule has 3 rings (SSSR count). The van der Waals surface area contributed by atoms with Crippen LogP contribution >= 0.6 is 11.8 Å². The minimum absolute atomic E-state index is 0.102. The van der Waals surface area contributed by atoms with Crippen LogP contribution in [0.3, 0.4) is 0 Å². The Balaban J connectivity index is 1.87. The van der Waals surface area contributed by atoms with Crippen molar-refractivity contribution in [1.29, 1.82) is 0 Å². The van der Waals surface area contributed by atoms with Crippen molar-refractivity contribution >= 4 is 17.7 Å². The molecule has 23 heavy (non-hydrogen) atoms. The molecule has 0 unspecified atom stereocenters. The fourth-order valence-corrected chi connectivity index (χ4v) is 3.57. The van der Waals surface area contributed by atoms with Gasteiger partial charge in [-0.05, 0) is 12.5 Å². The van der Waals surface area contributed by atoms with E-state index in [1.54, 1.807) is 0 Å². The molecule has 0 saturated carbocycles. The highest BCUT2D eigenvalue weighted by molar-refractivity contribution is 8.00. The molecule has 1 aliphatic rings. The molecule has 2 heterocycles. The van der Waals surface area contributed by atoms with Gasteiger partial charge in [0.05, 0.1) is 13.2 Å². The second kappa shape index (κ2) is 7.14. The van der Waals surface area contributed by atoms with Crippen molar-refractivity contribution in [2.45, 2.75) is 17.3 Å². The Kier molecular flexibility index (Phi) is 4.97. The summed E-state index contributed by atoms with van der Waals surface area (Å²) in [5.41, 5.74) is 0.981. The zero-order valence-electron chi connectivity index (χ0n) is 13.3. The van der Waals surface area contributed by atoms with Crippen LogP contribution in [-0.2, 0) is 16.6 Å². The van der Waals surface area contributed by atoms with Crippen LogP contribution in [0.1, 0.15) is 16.6 Å². The van der Waals surface area contributed by atoms with Gasteiger partial charge in [0.25, 0.3) is 0 Å². The molecule has 0 bridgehead atoms. The third kappa shape index (κ3) is 3.56. The molecule has 0 spiro atoms. The second-order valence-corrected chi connectivity index (χ2v) is 6.51. The van der Waals surface area contributed by atoms with Gasteiger partial charge in [0.15, 0.2) is 5.16 Å². The van der Waals surface area contributed by atoms with Gasteiger partial charge in [0, 0.05) is 20.1 Å². The first-order chi connectivity index (χ1) is 11.2. The van der Waals surface area contributed by atoms with Crippen molar-refractivity contribution in [3.05, 3.63) is 41.7 Å². The summed E-state index contributed by atoms with van der Waals surface area (Å²) in [7, 11) is 1.92. The summed E-state index contributed by atoms with van der Waals surface area (Å²) in [5, 5.41) is 8.70. The van der Waals surface area contributed by atoms with Crippen molar-refractivity contribution < 1.29 is 9.53 Å². The smallest absolute Gasteiger partial charge is 0.240 e. The first-order valence-electron chi connectivity index (χ1n) is 7.61. The normalized spacial score (nSPS) is 16.3. The van der Waals surface area contributed by atoms with Crippen molar-refractivity contribution in [1.82, 2.24) is 19.7 Å². The predicted octanol–water partition coefficient (Wildman–Crippen LogP) is 1.82. The molecule has 1 atom stereocenters. The number of aromatic nitrogens is 3. The van der Waals surface area contributed by atoms with Crippen molar-refractivity contribution in [3.8, 4) is 0 Å². The van der Waals surface area contributed by atoms with E-state index < -0.39 is 0 Å². The van der Waals surface area contributed by atoms with Crippen LogP contribution in [0.15, 0.2) is 35.5 Å². The largest absolute Gasteiger partial charge is 0.378 e. The van der Waals surface area contributed by atoms with E-state index in [9.17, 15) is 4.79 Å². The standard InChI is InChI=1S/C16H20N4O2S/c1-12-17-18-16(19(12)2)23-14(13-6-4-3-5-7-13)15(21)20-8-10-22-11-9-20/h3-7,14H,8-11H2,1-2H3/t14-/m0/s1. The monoisotopic (exact) mass is 332 g/mol. The Labute approximate surface area is 139 Å². The fraction of sp³-hybridized carbons (Fsp3) is 0.438. The number of amides is 1. The molecule has 6 nitrogen and oxygen atoms in total. The van der Waals surface area contributed by atoms with Gasteiger partial charge in [-0.25, -0.2) is 0 Å². The third-order valence-electron chi connectivity index (χ3n) is 3.93. The maximum absolute atomic E-state index is 13.0. The van der Waals surface area contributed by atoms with Crippen LogP contribution < -0.4 is 0 Å². The Bertz CT molecular complexity index is 668. The molecule has 122 valence electrons. The maximum Gasteiger partial charge on any atom is 0.240 e. The van der Waals surface area contributed by atoms with Gasteiger partial charge in [0.1, 0.15) is 11.1 Å². The van der Waals surface area contributed by atoms with E-state index in [4.69, 9.17) is 4.74 Å². The van der Waals surface area contributed by atoms with E-state index in [1.807, 2.05) is 53.8 Å². The van der Waals surface area contributed by atoms with Crippen LogP contribution in [0.5, 0.6) is 0 Å². The number of hydrogen-bond acceptors (Lipinski definition) is 5. The Hall–Kier alpha value is -1.86. The lowest BCUT2D eigenvalue weighted by molar-refractivity contribution is -0.134.